The normalized spacial score (nSPS) is 13.2. The van der Waals surface area contributed by atoms with E-state index in [9.17, 15) is 19.5 Å². The summed E-state index contributed by atoms with van der Waals surface area (Å²) in [5.74, 6) is -1.98. The molecule has 0 aliphatic heterocycles. The van der Waals surface area contributed by atoms with Crippen LogP contribution in [0, 0.1) is 0 Å². The summed E-state index contributed by atoms with van der Waals surface area (Å²) in [6.07, 6.45) is 113. The number of rotatable bonds is 80. The van der Waals surface area contributed by atoms with E-state index in [1.54, 1.807) is 0 Å². The predicted octanol–water partition coefficient (Wildman–Crippen LogP) is 28.0. The Morgan fingerprint density at radius 3 is 0.851 bits per heavy atom. The number of hydrogen-bond donors (Lipinski definition) is 1. The molecule has 2 unspecified atom stereocenters. The Kier molecular flexibility index (Phi) is 78.3. The number of allylic oxidation sites excluding steroid dienone is 18. The molecule has 0 rings (SSSR count). The van der Waals surface area contributed by atoms with Crippen molar-refractivity contribution in [3.05, 3.63) is 109 Å². The van der Waals surface area contributed by atoms with Crippen molar-refractivity contribution < 1.29 is 42.9 Å². The largest absolute Gasteiger partial charge is 0.477 e. The number of nitrogens with zero attached hydrogens (tertiary/aromatic N) is 1. The third-order valence-corrected chi connectivity index (χ3v) is 19.0. The summed E-state index contributed by atoms with van der Waals surface area (Å²) in [5, 5.41) is 9.79. The average Bonchev–Trinajstić information content (AvgIpc) is 1.21. The molecule has 0 spiro atoms. The van der Waals surface area contributed by atoms with E-state index in [1.165, 1.54) is 283 Å². The topological polar surface area (TPSA) is 108 Å². The molecule has 1 N–H and O–H groups in total. The molecule has 9 nitrogen and oxygen atoms in total. The Hall–Kier alpha value is -4.05. The average molecular weight is 1410 g/mol. The molecular weight excluding hydrogens is 1250 g/mol. The summed E-state index contributed by atoms with van der Waals surface area (Å²) in [6.45, 7) is 4.82. The number of esters is 2. The third-order valence-electron chi connectivity index (χ3n) is 19.0. The van der Waals surface area contributed by atoms with Crippen molar-refractivity contribution in [2.75, 3.05) is 47.5 Å². The second kappa shape index (κ2) is 81.6. The number of likely N-dealkylation sites (N-methyl/N-ethyl adjacent to an activating group) is 1. The van der Waals surface area contributed by atoms with Gasteiger partial charge in [0.15, 0.2) is 6.10 Å². The number of aliphatic carboxylic acids is 1. The van der Waals surface area contributed by atoms with Gasteiger partial charge < -0.3 is 28.5 Å². The van der Waals surface area contributed by atoms with E-state index in [0.29, 0.717) is 17.4 Å². The van der Waals surface area contributed by atoms with Gasteiger partial charge in [-0.25, -0.2) is 4.79 Å². The highest BCUT2D eigenvalue weighted by atomic mass is 16.7. The summed E-state index contributed by atoms with van der Waals surface area (Å²) in [6, 6.07) is 0. The van der Waals surface area contributed by atoms with Gasteiger partial charge in [0, 0.05) is 12.8 Å². The zero-order valence-electron chi connectivity index (χ0n) is 67.1. The minimum Gasteiger partial charge on any atom is -0.477 e. The molecular formula is C92H164NO8+. The minimum absolute atomic E-state index is 0.180. The summed E-state index contributed by atoms with van der Waals surface area (Å²) in [5.41, 5.74) is 0. The third kappa shape index (κ3) is 83.1. The second-order valence-corrected chi connectivity index (χ2v) is 30.1. The number of quaternary nitrogens is 1. The van der Waals surface area contributed by atoms with E-state index < -0.39 is 18.4 Å². The van der Waals surface area contributed by atoms with Crippen LogP contribution >= 0.6 is 0 Å². The van der Waals surface area contributed by atoms with Crippen molar-refractivity contribution in [1.29, 1.82) is 0 Å². The lowest BCUT2D eigenvalue weighted by Crippen LogP contribution is -2.40. The lowest BCUT2D eigenvalue weighted by atomic mass is 10.0. The van der Waals surface area contributed by atoms with Gasteiger partial charge in [-0.15, -0.1) is 0 Å². The fourth-order valence-corrected chi connectivity index (χ4v) is 12.5. The lowest BCUT2D eigenvalue weighted by Gasteiger charge is -2.25. The van der Waals surface area contributed by atoms with Crippen LogP contribution in [0.15, 0.2) is 109 Å². The Morgan fingerprint density at radius 2 is 0.564 bits per heavy atom. The van der Waals surface area contributed by atoms with E-state index in [4.69, 9.17) is 18.9 Å². The molecule has 0 aromatic carbocycles. The first-order valence-corrected chi connectivity index (χ1v) is 43.1. The first kappa shape index (κ1) is 97.0. The molecule has 0 amide bonds. The van der Waals surface area contributed by atoms with Gasteiger partial charge in [0.05, 0.1) is 34.4 Å². The van der Waals surface area contributed by atoms with Crippen LogP contribution < -0.4 is 0 Å². The second-order valence-electron chi connectivity index (χ2n) is 30.1. The lowest BCUT2D eigenvalue weighted by molar-refractivity contribution is -0.870. The molecule has 0 bridgehead atoms. The van der Waals surface area contributed by atoms with E-state index in [0.717, 1.165) is 89.9 Å². The predicted molar refractivity (Wildman–Crippen MR) is 438 cm³/mol. The monoisotopic (exact) mass is 1410 g/mol. The maximum absolute atomic E-state index is 13.0. The number of carboxylic acid groups (broad SMARTS) is 1. The van der Waals surface area contributed by atoms with Crippen molar-refractivity contribution in [1.82, 2.24) is 0 Å². The van der Waals surface area contributed by atoms with Crippen molar-refractivity contribution >= 4 is 17.9 Å². The number of ether oxygens (including phenoxy) is 4. The van der Waals surface area contributed by atoms with Gasteiger partial charge in [0.2, 0.25) is 0 Å². The molecule has 0 saturated heterocycles. The van der Waals surface area contributed by atoms with Gasteiger partial charge in [-0.2, -0.15) is 0 Å². The standard InChI is InChI=1S/C92H163NO8/c1-6-8-10-12-14-16-18-20-22-24-26-28-30-32-34-36-38-40-42-43-44-45-46-47-49-51-53-55-57-59-61-63-65-67-69-71-73-75-77-79-81-83-90(95)101-88(87-100-92(91(96)97)98-85-84-93(3,4)5)86-99-89(94)82-80-78-76-74-72-70-68-66-64-62-60-58-56-54-52-50-48-41-39-37-35-33-31-29-27-25-23-21-19-17-15-13-11-9-7-2/h8,10,14,16,20,22,25-28,32,34,38,40,43-44,46-47,88,92H,6-7,9,11-13,15,17-19,21,23-24,29-31,33,35-37,39,41-42,45,48-87H2,1-5H3/p+1/b10-8-,16-14-,22-20-,27-25-,28-26-,34-32-,40-38-,44-43-,47-46-. The van der Waals surface area contributed by atoms with E-state index in [-0.39, 0.29) is 38.2 Å². The van der Waals surface area contributed by atoms with Crippen LogP contribution in [0.1, 0.15) is 399 Å². The smallest absolute Gasteiger partial charge is 0.361 e. The van der Waals surface area contributed by atoms with Crippen molar-refractivity contribution in [3.63, 3.8) is 0 Å². The van der Waals surface area contributed by atoms with Gasteiger partial charge in [-0.3, -0.25) is 9.59 Å². The molecule has 0 saturated carbocycles. The van der Waals surface area contributed by atoms with Crippen LogP contribution in [-0.2, 0) is 33.3 Å². The highest BCUT2D eigenvalue weighted by Crippen LogP contribution is 2.20. The van der Waals surface area contributed by atoms with Gasteiger partial charge in [0.25, 0.3) is 6.29 Å². The summed E-state index contributed by atoms with van der Waals surface area (Å²) < 4.78 is 23.1. The van der Waals surface area contributed by atoms with Crippen LogP contribution in [0.25, 0.3) is 0 Å². The number of carboxylic acids is 1. The van der Waals surface area contributed by atoms with E-state index in [1.807, 2.05) is 21.1 Å². The van der Waals surface area contributed by atoms with Crippen molar-refractivity contribution in [2.45, 2.75) is 411 Å². The first-order valence-electron chi connectivity index (χ1n) is 43.1. The Labute approximate surface area is 625 Å². The molecule has 0 fully saturated rings. The fourth-order valence-electron chi connectivity index (χ4n) is 12.5. The van der Waals surface area contributed by atoms with Crippen LogP contribution in [-0.4, -0.2) is 87.4 Å². The van der Waals surface area contributed by atoms with Gasteiger partial charge in [-0.1, -0.05) is 393 Å². The van der Waals surface area contributed by atoms with Crippen LogP contribution in [0.5, 0.6) is 0 Å². The number of carbonyl (C=O) groups is 3. The quantitative estimate of drug-likeness (QED) is 0.0211. The molecule has 9 heteroatoms. The highest BCUT2D eigenvalue weighted by Gasteiger charge is 2.25. The first-order chi connectivity index (χ1) is 49.6. The molecule has 101 heavy (non-hydrogen) atoms. The molecule has 584 valence electrons. The summed E-state index contributed by atoms with van der Waals surface area (Å²) >= 11 is 0. The zero-order chi connectivity index (χ0) is 73.2. The zero-order valence-corrected chi connectivity index (χ0v) is 67.1. The minimum atomic E-state index is -1.51. The van der Waals surface area contributed by atoms with Gasteiger partial charge in [0.1, 0.15) is 13.2 Å². The molecule has 0 aliphatic carbocycles. The molecule has 0 heterocycles. The molecule has 0 aromatic heterocycles. The van der Waals surface area contributed by atoms with Gasteiger partial charge >= 0.3 is 17.9 Å². The Bertz CT molecular complexity index is 2040. The summed E-state index contributed by atoms with van der Waals surface area (Å²) in [4.78, 5) is 37.8. The van der Waals surface area contributed by atoms with Crippen molar-refractivity contribution in [2.24, 2.45) is 0 Å². The van der Waals surface area contributed by atoms with E-state index in [2.05, 4.69) is 123 Å². The maximum atomic E-state index is 13.0. The van der Waals surface area contributed by atoms with E-state index >= 15 is 0 Å². The molecule has 2 atom stereocenters. The maximum Gasteiger partial charge on any atom is 0.361 e. The van der Waals surface area contributed by atoms with Gasteiger partial charge in [-0.05, 0) is 103 Å². The molecule has 0 aliphatic rings. The fraction of sp³-hybridized carbons (Fsp3) is 0.772. The highest BCUT2D eigenvalue weighted by molar-refractivity contribution is 5.71. The van der Waals surface area contributed by atoms with Crippen LogP contribution in [0.3, 0.4) is 0 Å². The number of hydrogen-bond acceptors (Lipinski definition) is 7. The Balaban J connectivity index is 3.98. The number of carbonyl (C=O) groups excluding carboxylic acids is 2. The van der Waals surface area contributed by atoms with Crippen LogP contribution in [0.2, 0.25) is 0 Å². The molecule has 0 aromatic rings. The SMILES string of the molecule is CC/C=C\C/C=C\C/C=C\C/C=C\C/C=C\C/C=C\C/C=C\C/C=C\CCCCCCCCCCCCCCCCCCC(=O)OC(COC(=O)CCCCCCCCCCCCCCCCCCCCCCCCC/C=C\CCCCCCCCCC)COC(OCC[N+](C)(C)C)C(=O)O. The molecule has 0 radical (unpaired) electrons. The number of unbranched alkanes of at least 4 members (excludes halogenated alkanes) is 47. The van der Waals surface area contributed by atoms with Crippen LogP contribution in [0.4, 0.5) is 0 Å². The van der Waals surface area contributed by atoms with Crippen molar-refractivity contribution in [3.8, 4) is 0 Å². The summed E-state index contributed by atoms with van der Waals surface area (Å²) in [7, 11) is 5.99. The Morgan fingerprint density at radius 1 is 0.307 bits per heavy atom.